The number of allylic oxidation sites excluding steroid dienone is 11. The molecule has 1 rings (SSSR count). The van der Waals surface area contributed by atoms with Gasteiger partial charge in [-0.3, -0.25) is 18.6 Å². The third-order valence-electron chi connectivity index (χ3n) is 8.50. The van der Waals surface area contributed by atoms with Crippen LogP contribution in [0, 0.1) is 0 Å². The summed E-state index contributed by atoms with van der Waals surface area (Å²) < 4.78 is 38.5. The molecule has 1 aliphatic heterocycles. The van der Waals surface area contributed by atoms with Crippen LogP contribution in [-0.4, -0.2) is 61.5 Å². The van der Waals surface area contributed by atoms with Gasteiger partial charge in [0.15, 0.2) is 6.10 Å². The van der Waals surface area contributed by atoms with E-state index < -0.39 is 32.5 Å². The van der Waals surface area contributed by atoms with Crippen LogP contribution in [0.4, 0.5) is 0 Å². The minimum atomic E-state index is -4.40. The highest BCUT2D eigenvalue weighted by molar-refractivity contribution is 7.47. The van der Waals surface area contributed by atoms with Crippen molar-refractivity contribution in [2.24, 2.45) is 5.73 Å². The van der Waals surface area contributed by atoms with E-state index in [0.717, 1.165) is 77.0 Å². The number of rotatable bonds is 36. The maximum Gasteiger partial charge on any atom is 0.472 e. The summed E-state index contributed by atoms with van der Waals surface area (Å²) in [6, 6.07) is 0. The van der Waals surface area contributed by atoms with Gasteiger partial charge < -0.3 is 24.8 Å². The number of carbonyl (C=O) groups is 2. The van der Waals surface area contributed by atoms with Gasteiger partial charge in [-0.15, -0.1) is 0 Å². The van der Waals surface area contributed by atoms with Crippen molar-refractivity contribution in [3.8, 4) is 0 Å². The van der Waals surface area contributed by atoms with Crippen LogP contribution in [0.3, 0.4) is 0 Å². The highest BCUT2D eigenvalue weighted by Crippen LogP contribution is 2.43. The molecular formula is C43H72NO9P. The van der Waals surface area contributed by atoms with Crippen LogP contribution in [0.2, 0.25) is 0 Å². The van der Waals surface area contributed by atoms with Gasteiger partial charge >= 0.3 is 19.8 Å². The fourth-order valence-corrected chi connectivity index (χ4v) is 6.15. The molecule has 1 heterocycles. The monoisotopic (exact) mass is 777 g/mol. The summed E-state index contributed by atoms with van der Waals surface area (Å²) >= 11 is 0. The summed E-state index contributed by atoms with van der Waals surface area (Å²) in [5, 5.41) is 0. The lowest BCUT2D eigenvalue weighted by Crippen LogP contribution is -2.29. The molecule has 1 fully saturated rings. The Morgan fingerprint density at radius 3 is 1.94 bits per heavy atom. The van der Waals surface area contributed by atoms with E-state index in [1.807, 2.05) is 6.08 Å². The van der Waals surface area contributed by atoms with Gasteiger partial charge in [-0.2, -0.15) is 0 Å². The number of phosphoric ester groups is 1. The van der Waals surface area contributed by atoms with Crippen molar-refractivity contribution in [1.29, 1.82) is 0 Å². The van der Waals surface area contributed by atoms with Gasteiger partial charge in [0.25, 0.3) is 0 Å². The second kappa shape index (κ2) is 34.9. The molecule has 0 amide bonds. The Balaban J connectivity index is 2.26. The molecular weight excluding hydrogens is 705 g/mol. The normalized spacial score (nSPS) is 17.9. The zero-order valence-corrected chi connectivity index (χ0v) is 34.3. The number of phosphoric acid groups is 1. The predicted molar refractivity (Wildman–Crippen MR) is 219 cm³/mol. The van der Waals surface area contributed by atoms with Gasteiger partial charge in [0.1, 0.15) is 6.61 Å². The largest absolute Gasteiger partial charge is 0.472 e. The molecule has 4 atom stereocenters. The molecule has 1 aliphatic rings. The molecule has 0 aromatic heterocycles. The zero-order valence-electron chi connectivity index (χ0n) is 33.4. The molecule has 3 N–H and O–H groups in total. The van der Waals surface area contributed by atoms with E-state index in [-0.39, 0.29) is 32.6 Å². The molecule has 0 aromatic carbocycles. The Morgan fingerprint density at radius 2 is 1.28 bits per heavy atom. The van der Waals surface area contributed by atoms with Crippen molar-refractivity contribution in [2.75, 3.05) is 26.4 Å². The van der Waals surface area contributed by atoms with Gasteiger partial charge in [-0.25, -0.2) is 4.57 Å². The van der Waals surface area contributed by atoms with E-state index in [0.29, 0.717) is 31.5 Å². The molecule has 0 saturated carbocycles. The van der Waals surface area contributed by atoms with Crippen molar-refractivity contribution in [3.05, 3.63) is 72.9 Å². The average Bonchev–Trinajstić information content (AvgIpc) is 3.91. The standard InChI is InChI=1S/C43H72NO9P/c1-3-5-7-9-11-12-13-14-15-16-17-18-19-20-21-25-30-34-43(46)52-39(38-51-54(47,48)50-36-35-44)37-49-42(45)33-29-26-22-24-28-32-41-40(53-41)31-27-23-10-8-6-4-2/h5,7,11-12,14-15,17-18,20-21,23,27,39-41H,3-4,6,8-10,13,16,19,22,24-26,28-38,44H2,1-2H3,(H,47,48)/b7-5-,12-11-,15-14-,18-17-,21-20-,27-23-/t39-,40?,41?/m1/s1. The van der Waals surface area contributed by atoms with Gasteiger partial charge in [-0.05, 0) is 77.0 Å². The van der Waals surface area contributed by atoms with E-state index in [4.69, 9.17) is 29.0 Å². The average molecular weight is 778 g/mol. The molecule has 3 unspecified atom stereocenters. The molecule has 54 heavy (non-hydrogen) atoms. The van der Waals surface area contributed by atoms with Crippen molar-refractivity contribution in [3.63, 3.8) is 0 Å². The number of epoxide rings is 1. The van der Waals surface area contributed by atoms with Crippen LogP contribution in [0.1, 0.15) is 142 Å². The van der Waals surface area contributed by atoms with Crippen molar-refractivity contribution in [2.45, 2.75) is 161 Å². The second-order valence-corrected chi connectivity index (χ2v) is 15.0. The highest BCUT2D eigenvalue weighted by Gasteiger charge is 2.36. The van der Waals surface area contributed by atoms with E-state index in [9.17, 15) is 19.0 Å². The molecule has 308 valence electrons. The summed E-state index contributed by atoms with van der Waals surface area (Å²) in [4.78, 5) is 34.8. The molecule has 0 radical (unpaired) electrons. The fourth-order valence-electron chi connectivity index (χ4n) is 5.38. The summed E-state index contributed by atoms with van der Waals surface area (Å²) in [6.07, 6.45) is 43.9. The topological polar surface area (TPSA) is 147 Å². The summed E-state index contributed by atoms with van der Waals surface area (Å²) in [6.45, 7) is 3.47. The lowest BCUT2D eigenvalue weighted by atomic mass is 10.1. The van der Waals surface area contributed by atoms with E-state index >= 15 is 0 Å². The minimum absolute atomic E-state index is 0.0361. The first kappa shape index (κ1) is 49.4. The fraction of sp³-hybridized carbons (Fsp3) is 0.674. The second-order valence-electron chi connectivity index (χ2n) is 13.5. The third-order valence-corrected chi connectivity index (χ3v) is 9.48. The van der Waals surface area contributed by atoms with Crippen LogP contribution in [0.15, 0.2) is 72.9 Å². The van der Waals surface area contributed by atoms with E-state index in [1.54, 1.807) is 0 Å². The molecule has 0 bridgehead atoms. The Bertz CT molecular complexity index is 1180. The van der Waals surface area contributed by atoms with E-state index in [2.05, 4.69) is 80.7 Å². The summed E-state index contributed by atoms with van der Waals surface area (Å²) in [5.41, 5.74) is 5.34. The van der Waals surface area contributed by atoms with Gasteiger partial charge in [0, 0.05) is 19.4 Å². The molecule has 0 spiro atoms. The maximum atomic E-state index is 12.5. The first-order valence-corrected chi connectivity index (χ1v) is 22.0. The van der Waals surface area contributed by atoms with Crippen LogP contribution >= 0.6 is 7.82 Å². The van der Waals surface area contributed by atoms with Crippen LogP contribution in [0.5, 0.6) is 0 Å². The number of unbranched alkanes of at least 4 members (excludes halogenated alkanes) is 8. The lowest BCUT2D eigenvalue weighted by molar-refractivity contribution is -0.161. The molecule has 11 heteroatoms. The summed E-state index contributed by atoms with van der Waals surface area (Å²) in [7, 11) is -4.40. The van der Waals surface area contributed by atoms with Crippen LogP contribution < -0.4 is 5.73 Å². The lowest BCUT2D eigenvalue weighted by Gasteiger charge is -2.19. The first-order valence-electron chi connectivity index (χ1n) is 20.5. The maximum absolute atomic E-state index is 12.5. The smallest absolute Gasteiger partial charge is 0.462 e. The number of nitrogens with two attached hydrogens (primary N) is 1. The van der Waals surface area contributed by atoms with Crippen molar-refractivity contribution in [1.82, 2.24) is 0 Å². The van der Waals surface area contributed by atoms with Crippen LogP contribution in [0.25, 0.3) is 0 Å². The SMILES string of the molecule is CC/C=C\C/C=C\C/C=C\C/C=C\C/C=C\CCCC(=O)O[C@H](COC(=O)CCCCCCCC1OC1C/C=C\CCCCC)COP(=O)(O)OCCN. The van der Waals surface area contributed by atoms with Crippen molar-refractivity contribution < 1.29 is 42.3 Å². The first-order chi connectivity index (χ1) is 26.3. The third kappa shape index (κ3) is 31.7. The Labute approximate surface area is 326 Å². The van der Waals surface area contributed by atoms with Crippen molar-refractivity contribution >= 4 is 19.8 Å². The highest BCUT2D eigenvalue weighted by atomic mass is 31.2. The molecule has 1 saturated heterocycles. The van der Waals surface area contributed by atoms with Gasteiger partial charge in [0.05, 0.1) is 25.4 Å². The number of hydrogen-bond acceptors (Lipinski definition) is 9. The van der Waals surface area contributed by atoms with Crippen LogP contribution in [-0.2, 0) is 37.4 Å². The Hall–Kier alpha value is -2.59. The minimum Gasteiger partial charge on any atom is -0.462 e. The zero-order chi connectivity index (χ0) is 39.4. The molecule has 10 nitrogen and oxygen atoms in total. The molecule has 0 aliphatic carbocycles. The quantitative estimate of drug-likeness (QED) is 0.0207. The number of hydrogen-bond donors (Lipinski definition) is 2. The molecule has 0 aromatic rings. The Morgan fingerprint density at radius 1 is 0.685 bits per heavy atom. The Kier molecular flexibility index (Phi) is 31.9. The number of carbonyl (C=O) groups excluding carboxylic acids is 2. The van der Waals surface area contributed by atoms with Gasteiger partial charge in [0.2, 0.25) is 0 Å². The number of ether oxygens (including phenoxy) is 3. The summed E-state index contributed by atoms with van der Waals surface area (Å²) in [5.74, 6) is -0.928. The predicted octanol–water partition coefficient (Wildman–Crippen LogP) is 10.5. The van der Waals surface area contributed by atoms with E-state index in [1.165, 1.54) is 19.3 Å². The van der Waals surface area contributed by atoms with Gasteiger partial charge in [-0.1, -0.05) is 125 Å². The number of esters is 2.